The number of amides is 1. The number of hydrogen-bond acceptors (Lipinski definition) is 5. The van der Waals surface area contributed by atoms with Crippen molar-refractivity contribution in [1.29, 1.82) is 0 Å². The summed E-state index contributed by atoms with van der Waals surface area (Å²) in [6.45, 7) is 0.645. The molecule has 0 saturated carbocycles. The third-order valence-corrected chi connectivity index (χ3v) is 7.54. The lowest BCUT2D eigenvalue weighted by atomic mass is 10.0. The number of nitrogens with one attached hydrogen (secondary N) is 1. The summed E-state index contributed by atoms with van der Waals surface area (Å²) in [7, 11) is -3.30. The number of rotatable bonds is 3. The Hall–Kier alpha value is -2.19. The Morgan fingerprint density at radius 2 is 2.04 bits per heavy atom. The third-order valence-electron chi connectivity index (χ3n) is 4.64. The van der Waals surface area contributed by atoms with Gasteiger partial charge in [0.2, 0.25) is 0 Å². The van der Waals surface area contributed by atoms with Crippen LogP contribution < -0.4 is 0 Å². The second kappa shape index (κ2) is 6.51. The van der Waals surface area contributed by atoms with Crippen molar-refractivity contribution in [1.82, 2.24) is 14.9 Å². The molecule has 1 saturated heterocycles. The minimum atomic E-state index is -3.30. The molecular formula is C18H19N3O3S2. The van der Waals surface area contributed by atoms with E-state index in [-0.39, 0.29) is 16.2 Å². The summed E-state index contributed by atoms with van der Waals surface area (Å²) in [5.41, 5.74) is 1.84. The number of carbonyl (C=O) groups is 1. The monoisotopic (exact) mass is 389 g/mol. The van der Waals surface area contributed by atoms with Gasteiger partial charge in [-0.25, -0.2) is 13.4 Å². The van der Waals surface area contributed by atoms with Crippen LogP contribution in [-0.4, -0.2) is 42.0 Å². The number of likely N-dealkylation sites (tertiary alicyclic amines) is 1. The number of nitrogens with zero attached hydrogens (tertiary/aromatic N) is 2. The lowest BCUT2D eigenvalue weighted by molar-refractivity contribution is 0.0606. The van der Waals surface area contributed by atoms with E-state index < -0.39 is 9.84 Å². The number of piperidine rings is 1. The molecule has 1 atom stereocenters. The summed E-state index contributed by atoms with van der Waals surface area (Å²) in [6, 6.07) is 10.8. The minimum Gasteiger partial charge on any atom is -0.340 e. The molecule has 3 heterocycles. The Labute approximate surface area is 155 Å². The maximum absolute atomic E-state index is 13.0. The summed E-state index contributed by atoms with van der Waals surface area (Å²) in [4.78, 5) is 23.3. The van der Waals surface area contributed by atoms with Gasteiger partial charge in [-0.15, -0.1) is 11.3 Å². The molecule has 0 aliphatic carbocycles. The smallest absolute Gasteiger partial charge is 0.264 e. The highest BCUT2D eigenvalue weighted by atomic mass is 32.2. The van der Waals surface area contributed by atoms with Crippen molar-refractivity contribution in [3.05, 3.63) is 47.1 Å². The lowest BCUT2D eigenvalue weighted by Gasteiger charge is -2.34. The van der Waals surface area contributed by atoms with E-state index in [9.17, 15) is 13.2 Å². The van der Waals surface area contributed by atoms with Crippen molar-refractivity contribution in [2.75, 3.05) is 12.8 Å². The molecule has 8 heteroatoms. The zero-order chi connectivity index (χ0) is 18.3. The molecule has 1 fully saturated rings. The number of fused-ring (bicyclic) bond motifs is 1. The summed E-state index contributed by atoms with van der Waals surface area (Å²) in [5.74, 6) is 0.661. The predicted octanol–water partition coefficient (Wildman–Crippen LogP) is 3.40. The molecule has 2 aromatic heterocycles. The highest BCUT2D eigenvalue weighted by molar-refractivity contribution is 7.92. The van der Waals surface area contributed by atoms with Crippen LogP contribution in [0.15, 0.2) is 40.6 Å². The van der Waals surface area contributed by atoms with E-state index in [1.807, 2.05) is 29.2 Å². The first-order valence-corrected chi connectivity index (χ1v) is 11.2. The maximum atomic E-state index is 13.0. The predicted molar refractivity (Wildman–Crippen MR) is 101 cm³/mol. The van der Waals surface area contributed by atoms with E-state index in [1.165, 1.54) is 6.07 Å². The number of para-hydroxylation sites is 2. The summed E-state index contributed by atoms with van der Waals surface area (Å²) < 4.78 is 23.6. The first kappa shape index (κ1) is 17.2. The molecule has 26 heavy (non-hydrogen) atoms. The Morgan fingerprint density at radius 1 is 1.23 bits per heavy atom. The normalized spacial score (nSPS) is 18.3. The summed E-state index contributed by atoms with van der Waals surface area (Å²) >= 11 is 1.03. The van der Waals surface area contributed by atoms with Crippen LogP contribution in [0.2, 0.25) is 0 Å². The largest absolute Gasteiger partial charge is 0.340 e. The number of imidazole rings is 1. The van der Waals surface area contributed by atoms with Crippen LogP contribution >= 0.6 is 11.3 Å². The molecule has 0 spiro atoms. The number of sulfone groups is 1. The van der Waals surface area contributed by atoms with E-state index in [4.69, 9.17) is 0 Å². The fourth-order valence-electron chi connectivity index (χ4n) is 3.37. The molecule has 0 bridgehead atoms. The van der Waals surface area contributed by atoms with Gasteiger partial charge in [0.15, 0.2) is 9.84 Å². The van der Waals surface area contributed by atoms with Gasteiger partial charge >= 0.3 is 0 Å². The molecule has 1 aromatic carbocycles. The van der Waals surface area contributed by atoms with Gasteiger partial charge in [-0.1, -0.05) is 12.1 Å². The van der Waals surface area contributed by atoms with Crippen LogP contribution in [0.5, 0.6) is 0 Å². The molecule has 1 amide bonds. The van der Waals surface area contributed by atoms with Crippen molar-refractivity contribution >= 4 is 38.1 Å². The highest BCUT2D eigenvalue weighted by Gasteiger charge is 2.31. The van der Waals surface area contributed by atoms with Crippen LogP contribution in [-0.2, 0) is 9.84 Å². The molecule has 1 N–H and O–H groups in total. The quantitative estimate of drug-likeness (QED) is 0.744. The second-order valence-electron chi connectivity index (χ2n) is 6.54. The SMILES string of the molecule is CS(=O)(=O)c1ccc(C(=O)N2CCCCC2c2nc3ccccc3[nH]2)s1. The number of thiophene rings is 1. The molecule has 0 radical (unpaired) electrons. The number of aromatic amines is 1. The molecule has 1 unspecified atom stereocenters. The van der Waals surface area contributed by atoms with Crippen molar-refractivity contribution in [2.24, 2.45) is 0 Å². The van der Waals surface area contributed by atoms with Gasteiger partial charge in [-0.05, 0) is 43.5 Å². The van der Waals surface area contributed by atoms with Crippen molar-refractivity contribution in [3.63, 3.8) is 0 Å². The van der Waals surface area contributed by atoms with Gasteiger partial charge in [0.25, 0.3) is 5.91 Å². The van der Waals surface area contributed by atoms with Gasteiger partial charge in [-0.2, -0.15) is 0 Å². The average molecular weight is 390 g/mol. The van der Waals surface area contributed by atoms with Gasteiger partial charge < -0.3 is 9.88 Å². The molecule has 136 valence electrons. The van der Waals surface area contributed by atoms with Crippen LogP contribution in [0.3, 0.4) is 0 Å². The first-order valence-electron chi connectivity index (χ1n) is 8.49. The van der Waals surface area contributed by atoms with Crippen molar-refractivity contribution in [2.45, 2.75) is 29.5 Å². The number of hydrogen-bond donors (Lipinski definition) is 1. The van der Waals surface area contributed by atoms with Gasteiger partial charge in [0.1, 0.15) is 10.0 Å². The Bertz CT molecular complexity index is 1040. The molecule has 6 nitrogen and oxygen atoms in total. The van der Waals surface area contributed by atoms with E-state index in [2.05, 4.69) is 9.97 Å². The van der Waals surface area contributed by atoms with E-state index in [1.54, 1.807) is 6.07 Å². The first-order chi connectivity index (χ1) is 12.4. The minimum absolute atomic E-state index is 0.118. The summed E-state index contributed by atoms with van der Waals surface area (Å²) in [6.07, 6.45) is 3.97. The van der Waals surface area contributed by atoms with Crippen LogP contribution in [0.1, 0.15) is 40.8 Å². The highest BCUT2D eigenvalue weighted by Crippen LogP contribution is 2.33. The molecule has 3 aromatic rings. The number of carbonyl (C=O) groups excluding carboxylic acids is 1. The van der Waals surface area contributed by atoms with Crippen molar-refractivity contribution in [3.8, 4) is 0 Å². The number of benzene rings is 1. The standard InChI is InChI=1S/C18H19N3O3S2/c1-26(23,24)16-10-9-15(25-16)18(22)21-11-5-4-8-14(21)17-19-12-6-2-3-7-13(12)20-17/h2-3,6-7,9-10,14H,4-5,8,11H2,1H3,(H,19,20). The molecule has 4 rings (SSSR count). The third kappa shape index (κ3) is 3.14. The second-order valence-corrected chi connectivity index (χ2v) is 9.87. The molecular weight excluding hydrogens is 370 g/mol. The van der Waals surface area contributed by atoms with Crippen LogP contribution in [0, 0.1) is 0 Å². The number of aromatic nitrogens is 2. The van der Waals surface area contributed by atoms with E-state index >= 15 is 0 Å². The zero-order valence-corrected chi connectivity index (χ0v) is 15.9. The number of H-pyrrole nitrogens is 1. The maximum Gasteiger partial charge on any atom is 0.264 e. The zero-order valence-electron chi connectivity index (χ0n) is 14.3. The fourth-order valence-corrected chi connectivity index (χ4v) is 5.25. The van der Waals surface area contributed by atoms with Crippen LogP contribution in [0.25, 0.3) is 11.0 Å². The summed E-state index contributed by atoms with van der Waals surface area (Å²) in [5, 5.41) is 0. The van der Waals surface area contributed by atoms with Gasteiger partial charge in [-0.3, -0.25) is 4.79 Å². The Balaban J connectivity index is 1.66. The van der Waals surface area contributed by atoms with Crippen LogP contribution in [0.4, 0.5) is 0 Å². The Kier molecular flexibility index (Phi) is 4.32. The molecule has 1 aliphatic rings. The van der Waals surface area contributed by atoms with E-state index in [0.717, 1.165) is 53.7 Å². The van der Waals surface area contributed by atoms with Gasteiger partial charge in [0.05, 0.1) is 22.0 Å². The van der Waals surface area contributed by atoms with Gasteiger partial charge in [0, 0.05) is 12.8 Å². The Morgan fingerprint density at radius 3 is 2.77 bits per heavy atom. The average Bonchev–Trinajstić information content (AvgIpc) is 3.28. The van der Waals surface area contributed by atoms with Crippen molar-refractivity contribution < 1.29 is 13.2 Å². The topological polar surface area (TPSA) is 83.1 Å². The fraction of sp³-hybridized carbons (Fsp3) is 0.333. The van der Waals surface area contributed by atoms with E-state index in [0.29, 0.717) is 11.4 Å². The lowest BCUT2D eigenvalue weighted by Crippen LogP contribution is -2.38. The molecule has 1 aliphatic heterocycles.